The van der Waals surface area contributed by atoms with E-state index in [2.05, 4.69) is 5.32 Å². The average molecular weight is 343 g/mol. The van der Waals surface area contributed by atoms with Gasteiger partial charge in [-0.05, 0) is 30.9 Å². The van der Waals surface area contributed by atoms with Gasteiger partial charge in [-0.25, -0.2) is 4.39 Å². The van der Waals surface area contributed by atoms with Crippen molar-refractivity contribution in [2.24, 2.45) is 5.92 Å². The second-order valence-electron chi connectivity index (χ2n) is 6.53. The molecule has 1 amide bonds. The van der Waals surface area contributed by atoms with Crippen LogP contribution in [0, 0.1) is 11.7 Å². The molecular weight excluding hydrogens is 319 g/mol. The zero-order chi connectivity index (χ0) is 17.0. The predicted octanol–water partition coefficient (Wildman–Crippen LogP) is 3.31. The van der Waals surface area contributed by atoms with Gasteiger partial charge in [-0.3, -0.25) is 4.79 Å². The molecule has 1 heterocycles. The van der Waals surface area contributed by atoms with Crippen molar-refractivity contribution in [3.63, 3.8) is 0 Å². The maximum atomic E-state index is 13.4. The van der Waals surface area contributed by atoms with Crippen molar-refractivity contribution in [1.29, 1.82) is 0 Å². The molecule has 6 heteroatoms. The molecule has 0 radical (unpaired) electrons. The summed E-state index contributed by atoms with van der Waals surface area (Å²) in [6, 6.07) is 2.91. The molecular formula is C17H24ClFN2O2. The molecule has 1 fully saturated rings. The molecule has 0 aliphatic carbocycles. The van der Waals surface area contributed by atoms with Gasteiger partial charge >= 0.3 is 0 Å². The first-order valence-electron chi connectivity index (χ1n) is 8.05. The van der Waals surface area contributed by atoms with E-state index in [0.717, 1.165) is 32.0 Å². The molecule has 0 aromatic heterocycles. The minimum Gasteiger partial charge on any atom is -0.505 e. The third-order valence-corrected chi connectivity index (χ3v) is 4.34. The van der Waals surface area contributed by atoms with Gasteiger partial charge in [0.1, 0.15) is 0 Å². The molecule has 0 spiro atoms. The fourth-order valence-electron chi connectivity index (χ4n) is 2.82. The van der Waals surface area contributed by atoms with Crippen LogP contribution in [0.5, 0.6) is 5.75 Å². The van der Waals surface area contributed by atoms with Crippen molar-refractivity contribution in [2.45, 2.75) is 45.7 Å². The lowest BCUT2D eigenvalue weighted by molar-refractivity contribution is -0.133. The number of hydrogen-bond acceptors (Lipinski definition) is 3. The highest BCUT2D eigenvalue weighted by molar-refractivity contribution is 6.30. The molecule has 128 valence electrons. The number of piperidine rings is 1. The first-order chi connectivity index (χ1) is 10.9. The number of aromatic hydroxyl groups is 1. The smallest absolute Gasteiger partial charge is 0.222 e. The lowest BCUT2D eigenvalue weighted by atomic mass is 10.0. The van der Waals surface area contributed by atoms with E-state index in [1.165, 1.54) is 0 Å². The molecule has 0 bridgehead atoms. The number of phenolic OH excluding ortho intramolecular Hbond substituents is 1. The summed E-state index contributed by atoms with van der Waals surface area (Å²) in [4.78, 5) is 13.9. The largest absolute Gasteiger partial charge is 0.505 e. The standard InChI is InChI=1S/C17H24ClFN2O2/c1-11(2)7-16(22)21-5-3-14(4-6-21)20-10-12-8-13(18)9-15(19)17(12)23/h8-9,11,14,20,23H,3-7,10H2,1-2H3. The number of likely N-dealkylation sites (tertiary alicyclic amines) is 1. The lowest BCUT2D eigenvalue weighted by Gasteiger charge is -2.33. The summed E-state index contributed by atoms with van der Waals surface area (Å²) in [6.45, 7) is 5.91. The summed E-state index contributed by atoms with van der Waals surface area (Å²) >= 11 is 5.82. The first kappa shape index (κ1) is 18.0. The number of amides is 1. The van der Waals surface area contributed by atoms with Gasteiger partial charge in [0.15, 0.2) is 11.6 Å². The highest BCUT2D eigenvalue weighted by Crippen LogP contribution is 2.26. The predicted molar refractivity (Wildman–Crippen MR) is 89.0 cm³/mol. The van der Waals surface area contributed by atoms with Crippen LogP contribution in [0.15, 0.2) is 12.1 Å². The molecule has 1 aliphatic heterocycles. The van der Waals surface area contributed by atoms with Crippen LogP contribution < -0.4 is 5.32 Å². The van der Waals surface area contributed by atoms with E-state index in [9.17, 15) is 14.3 Å². The van der Waals surface area contributed by atoms with Crippen LogP contribution in [0.2, 0.25) is 5.02 Å². The van der Waals surface area contributed by atoms with Crippen LogP contribution in [-0.2, 0) is 11.3 Å². The van der Waals surface area contributed by atoms with Crippen LogP contribution in [0.1, 0.15) is 38.7 Å². The number of benzene rings is 1. The van der Waals surface area contributed by atoms with Gasteiger partial charge in [-0.2, -0.15) is 0 Å². The SMILES string of the molecule is CC(C)CC(=O)N1CCC(NCc2cc(Cl)cc(F)c2O)CC1. The molecule has 2 rings (SSSR count). The van der Waals surface area contributed by atoms with Gasteiger partial charge in [0.05, 0.1) is 0 Å². The first-order valence-corrected chi connectivity index (χ1v) is 8.42. The average Bonchev–Trinajstić information content (AvgIpc) is 2.49. The number of carbonyl (C=O) groups is 1. The van der Waals surface area contributed by atoms with Crippen LogP contribution in [0.25, 0.3) is 0 Å². The van der Waals surface area contributed by atoms with Gasteiger partial charge in [0.25, 0.3) is 0 Å². The summed E-state index contributed by atoms with van der Waals surface area (Å²) in [5.41, 5.74) is 0.452. The van der Waals surface area contributed by atoms with Gasteiger partial charge in [-0.15, -0.1) is 0 Å². The Hall–Kier alpha value is -1.33. The molecule has 1 saturated heterocycles. The summed E-state index contributed by atoms with van der Waals surface area (Å²) in [5.74, 6) is -0.470. The Bertz CT molecular complexity index is 558. The van der Waals surface area contributed by atoms with E-state index >= 15 is 0 Å². The molecule has 1 aromatic rings. The number of rotatable bonds is 5. The van der Waals surface area contributed by atoms with Gasteiger partial charge in [-0.1, -0.05) is 25.4 Å². The Morgan fingerprint density at radius 2 is 2.09 bits per heavy atom. The van der Waals surface area contributed by atoms with Crippen molar-refractivity contribution in [1.82, 2.24) is 10.2 Å². The fourth-order valence-corrected chi connectivity index (χ4v) is 3.05. The summed E-state index contributed by atoms with van der Waals surface area (Å²) in [6.07, 6.45) is 2.30. The van der Waals surface area contributed by atoms with E-state index in [4.69, 9.17) is 11.6 Å². The van der Waals surface area contributed by atoms with Crippen molar-refractivity contribution < 1.29 is 14.3 Å². The van der Waals surface area contributed by atoms with Crippen molar-refractivity contribution >= 4 is 17.5 Å². The number of nitrogens with zero attached hydrogens (tertiary/aromatic N) is 1. The third-order valence-electron chi connectivity index (χ3n) is 4.12. The molecule has 1 aliphatic rings. The van der Waals surface area contributed by atoms with Gasteiger partial charge < -0.3 is 15.3 Å². The number of halogens is 2. The Morgan fingerprint density at radius 3 is 2.70 bits per heavy atom. The Balaban J connectivity index is 1.82. The second-order valence-corrected chi connectivity index (χ2v) is 6.97. The molecule has 0 unspecified atom stereocenters. The number of nitrogens with one attached hydrogen (secondary N) is 1. The zero-order valence-electron chi connectivity index (χ0n) is 13.6. The molecule has 23 heavy (non-hydrogen) atoms. The van der Waals surface area contributed by atoms with E-state index < -0.39 is 5.82 Å². The van der Waals surface area contributed by atoms with Crippen molar-refractivity contribution in [3.05, 3.63) is 28.5 Å². The van der Waals surface area contributed by atoms with Crippen LogP contribution >= 0.6 is 11.6 Å². The Morgan fingerprint density at radius 1 is 1.43 bits per heavy atom. The molecule has 0 atom stereocenters. The molecule has 0 saturated carbocycles. The third kappa shape index (κ3) is 5.08. The van der Waals surface area contributed by atoms with Gasteiger partial charge in [0.2, 0.25) is 5.91 Å². The summed E-state index contributed by atoms with van der Waals surface area (Å²) < 4.78 is 13.4. The highest BCUT2D eigenvalue weighted by atomic mass is 35.5. The maximum Gasteiger partial charge on any atom is 0.222 e. The summed E-state index contributed by atoms with van der Waals surface area (Å²) in [7, 11) is 0. The normalized spacial score (nSPS) is 16.1. The Labute approximate surface area is 141 Å². The van der Waals surface area contributed by atoms with Crippen molar-refractivity contribution in [3.8, 4) is 5.75 Å². The van der Waals surface area contributed by atoms with E-state index in [1.807, 2.05) is 18.7 Å². The Kier molecular flexibility index (Phi) is 6.25. The quantitative estimate of drug-likeness (QED) is 0.863. The lowest BCUT2D eigenvalue weighted by Crippen LogP contribution is -2.45. The fraction of sp³-hybridized carbons (Fsp3) is 0.588. The molecule has 1 aromatic carbocycles. The van der Waals surface area contributed by atoms with E-state index in [-0.39, 0.29) is 22.7 Å². The van der Waals surface area contributed by atoms with E-state index in [0.29, 0.717) is 24.4 Å². The summed E-state index contributed by atoms with van der Waals surface area (Å²) in [5, 5.41) is 13.3. The van der Waals surface area contributed by atoms with Gasteiger partial charge in [0, 0.05) is 42.7 Å². The topological polar surface area (TPSA) is 52.6 Å². The molecule has 2 N–H and O–H groups in total. The zero-order valence-corrected chi connectivity index (χ0v) is 14.4. The second kappa shape index (κ2) is 7.97. The van der Waals surface area contributed by atoms with Crippen molar-refractivity contribution in [2.75, 3.05) is 13.1 Å². The van der Waals surface area contributed by atoms with Crippen LogP contribution in [0.4, 0.5) is 4.39 Å². The minimum atomic E-state index is -0.705. The number of phenols is 1. The molecule has 4 nitrogen and oxygen atoms in total. The van der Waals surface area contributed by atoms with Crippen LogP contribution in [-0.4, -0.2) is 35.0 Å². The number of hydrogen-bond donors (Lipinski definition) is 2. The number of carbonyl (C=O) groups excluding carboxylic acids is 1. The monoisotopic (exact) mass is 342 g/mol. The highest BCUT2D eigenvalue weighted by Gasteiger charge is 2.23. The van der Waals surface area contributed by atoms with E-state index in [1.54, 1.807) is 6.07 Å². The van der Waals surface area contributed by atoms with Crippen LogP contribution in [0.3, 0.4) is 0 Å². The maximum absolute atomic E-state index is 13.4. The minimum absolute atomic E-state index is 0.216.